The molecular weight excluding hydrogens is 210 g/mol. The predicted octanol–water partition coefficient (Wildman–Crippen LogP) is 3.75. The molecule has 1 aliphatic rings. The van der Waals surface area contributed by atoms with Gasteiger partial charge in [-0.15, -0.1) is 0 Å². The first-order valence-electron chi connectivity index (χ1n) is 6.32. The van der Waals surface area contributed by atoms with Gasteiger partial charge in [0.1, 0.15) is 0 Å². The monoisotopic (exact) mass is 233 g/mol. The van der Waals surface area contributed by atoms with Crippen LogP contribution in [0.1, 0.15) is 39.7 Å². The Balaban J connectivity index is 2.11. The maximum Gasteiger partial charge on any atom is 0.0834 e. The van der Waals surface area contributed by atoms with Crippen molar-refractivity contribution < 1.29 is 4.74 Å². The number of benzene rings is 1. The van der Waals surface area contributed by atoms with Gasteiger partial charge in [-0.1, -0.05) is 17.7 Å². The lowest BCUT2D eigenvalue weighted by Crippen LogP contribution is -2.38. The summed E-state index contributed by atoms with van der Waals surface area (Å²) < 4.78 is 6.08. The van der Waals surface area contributed by atoms with Gasteiger partial charge in [0, 0.05) is 5.69 Å². The fraction of sp³-hybridized carbons (Fsp3) is 0.600. The van der Waals surface area contributed by atoms with Gasteiger partial charge in [0.05, 0.1) is 17.2 Å². The van der Waals surface area contributed by atoms with Crippen LogP contribution < -0.4 is 5.32 Å². The predicted molar refractivity (Wildman–Crippen MR) is 72.4 cm³/mol. The normalized spacial score (nSPS) is 25.8. The minimum absolute atomic E-state index is 0.0358. The van der Waals surface area contributed by atoms with E-state index in [2.05, 4.69) is 64.2 Å². The minimum Gasteiger partial charge on any atom is -0.379 e. The number of nitrogens with one attached hydrogen (secondary N) is 1. The third kappa shape index (κ3) is 2.81. The van der Waals surface area contributed by atoms with Crippen LogP contribution in [0, 0.1) is 6.92 Å². The largest absolute Gasteiger partial charge is 0.379 e. The highest BCUT2D eigenvalue weighted by Gasteiger charge is 2.45. The van der Waals surface area contributed by atoms with Crippen molar-refractivity contribution in [3.63, 3.8) is 0 Å². The summed E-state index contributed by atoms with van der Waals surface area (Å²) in [5.74, 6) is 0. The van der Waals surface area contributed by atoms with E-state index in [9.17, 15) is 0 Å². The Morgan fingerprint density at radius 3 is 2.18 bits per heavy atom. The van der Waals surface area contributed by atoms with E-state index in [1.807, 2.05) is 0 Å². The van der Waals surface area contributed by atoms with E-state index in [-0.39, 0.29) is 11.2 Å². The first-order chi connectivity index (χ1) is 7.78. The summed E-state index contributed by atoms with van der Waals surface area (Å²) in [6.45, 7) is 10.7. The molecule has 0 bridgehead atoms. The fourth-order valence-corrected chi connectivity index (χ4v) is 2.64. The Hall–Kier alpha value is -1.02. The van der Waals surface area contributed by atoms with Gasteiger partial charge in [-0.25, -0.2) is 0 Å². The lowest BCUT2D eigenvalue weighted by Gasteiger charge is -2.28. The van der Waals surface area contributed by atoms with Crippen LogP contribution in [-0.2, 0) is 4.74 Å². The second-order valence-electron chi connectivity index (χ2n) is 6.23. The van der Waals surface area contributed by atoms with Gasteiger partial charge >= 0.3 is 0 Å². The number of ether oxygens (including phenoxy) is 1. The summed E-state index contributed by atoms with van der Waals surface area (Å²) in [5.41, 5.74) is 2.31. The van der Waals surface area contributed by atoms with Gasteiger partial charge in [0.15, 0.2) is 0 Å². The first-order valence-corrected chi connectivity index (χ1v) is 6.32. The van der Waals surface area contributed by atoms with E-state index < -0.39 is 0 Å². The van der Waals surface area contributed by atoms with Crippen molar-refractivity contribution in [3.8, 4) is 0 Å². The number of anilines is 1. The average Bonchev–Trinajstić information content (AvgIpc) is 2.38. The van der Waals surface area contributed by atoms with Crippen LogP contribution in [0.2, 0.25) is 0 Å². The van der Waals surface area contributed by atoms with Crippen LogP contribution in [-0.4, -0.2) is 17.2 Å². The van der Waals surface area contributed by atoms with Gasteiger partial charge in [-0.2, -0.15) is 0 Å². The number of hydrogen-bond donors (Lipinski definition) is 1. The van der Waals surface area contributed by atoms with Gasteiger partial charge in [0.2, 0.25) is 0 Å². The summed E-state index contributed by atoms with van der Waals surface area (Å²) in [7, 11) is 0. The van der Waals surface area contributed by atoms with E-state index in [4.69, 9.17) is 4.74 Å². The molecule has 2 heteroatoms. The van der Waals surface area contributed by atoms with Crippen LogP contribution in [0.25, 0.3) is 0 Å². The quantitative estimate of drug-likeness (QED) is 0.840. The Morgan fingerprint density at radius 2 is 1.71 bits per heavy atom. The molecule has 0 spiro atoms. The van der Waals surface area contributed by atoms with Crippen molar-refractivity contribution >= 4 is 5.69 Å². The molecule has 1 saturated heterocycles. The number of aryl methyl sites for hydroxylation is 1. The summed E-state index contributed by atoms with van der Waals surface area (Å²) in [4.78, 5) is 0. The molecule has 1 N–H and O–H groups in total. The van der Waals surface area contributed by atoms with Gasteiger partial charge in [-0.05, 0) is 53.2 Å². The van der Waals surface area contributed by atoms with Gasteiger partial charge < -0.3 is 10.1 Å². The molecule has 1 aromatic rings. The average molecular weight is 233 g/mol. The van der Waals surface area contributed by atoms with Crippen molar-refractivity contribution in [1.82, 2.24) is 0 Å². The third-order valence-electron chi connectivity index (χ3n) is 3.47. The van der Waals surface area contributed by atoms with E-state index in [1.165, 1.54) is 11.3 Å². The number of rotatable bonds is 2. The summed E-state index contributed by atoms with van der Waals surface area (Å²) in [5, 5.41) is 3.59. The van der Waals surface area contributed by atoms with Crippen LogP contribution >= 0.6 is 0 Å². The molecule has 0 aliphatic carbocycles. The van der Waals surface area contributed by atoms with Crippen molar-refractivity contribution in [2.45, 2.75) is 58.3 Å². The maximum atomic E-state index is 6.08. The molecule has 1 aromatic carbocycles. The van der Waals surface area contributed by atoms with Crippen LogP contribution in [0.4, 0.5) is 5.69 Å². The molecule has 17 heavy (non-hydrogen) atoms. The van der Waals surface area contributed by atoms with Gasteiger partial charge in [0.25, 0.3) is 0 Å². The van der Waals surface area contributed by atoms with E-state index in [0.717, 1.165) is 6.42 Å². The molecule has 1 aliphatic heterocycles. The molecule has 2 nitrogen and oxygen atoms in total. The maximum absolute atomic E-state index is 6.08. The topological polar surface area (TPSA) is 21.3 Å². The SMILES string of the molecule is Cc1ccc(NC2CC(C)(C)OC2(C)C)cc1. The Kier molecular flexibility index (Phi) is 2.94. The molecule has 0 radical (unpaired) electrons. The summed E-state index contributed by atoms with van der Waals surface area (Å²) in [6.07, 6.45) is 1.04. The van der Waals surface area contributed by atoms with Crippen molar-refractivity contribution in [2.24, 2.45) is 0 Å². The van der Waals surface area contributed by atoms with Crippen LogP contribution in [0.15, 0.2) is 24.3 Å². The van der Waals surface area contributed by atoms with Crippen molar-refractivity contribution in [2.75, 3.05) is 5.32 Å². The highest BCUT2D eigenvalue weighted by Crippen LogP contribution is 2.38. The Morgan fingerprint density at radius 1 is 1.12 bits per heavy atom. The van der Waals surface area contributed by atoms with Crippen LogP contribution in [0.3, 0.4) is 0 Å². The van der Waals surface area contributed by atoms with E-state index >= 15 is 0 Å². The smallest absolute Gasteiger partial charge is 0.0834 e. The zero-order valence-corrected chi connectivity index (χ0v) is 11.5. The standard InChI is InChI=1S/C15H23NO/c1-11-6-8-12(9-7-11)16-13-10-14(2,3)17-15(13,4)5/h6-9,13,16H,10H2,1-5H3. The van der Waals surface area contributed by atoms with Crippen molar-refractivity contribution in [3.05, 3.63) is 29.8 Å². The Labute approximate surface area is 104 Å². The van der Waals surface area contributed by atoms with E-state index in [1.54, 1.807) is 0 Å². The van der Waals surface area contributed by atoms with Crippen LogP contribution in [0.5, 0.6) is 0 Å². The van der Waals surface area contributed by atoms with E-state index in [0.29, 0.717) is 6.04 Å². The van der Waals surface area contributed by atoms with Gasteiger partial charge in [-0.3, -0.25) is 0 Å². The third-order valence-corrected chi connectivity index (χ3v) is 3.47. The fourth-order valence-electron chi connectivity index (χ4n) is 2.64. The summed E-state index contributed by atoms with van der Waals surface area (Å²) >= 11 is 0. The molecule has 1 unspecified atom stereocenters. The zero-order valence-electron chi connectivity index (χ0n) is 11.5. The molecule has 2 rings (SSSR count). The molecule has 1 atom stereocenters. The lowest BCUT2D eigenvalue weighted by molar-refractivity contribution is -0.0662. The first kappa shape index (κ1) is 12.4. The molecule has 0 saturated carbocycles. The Bertz CT molecular complexity index is 392. The highest BCUT2D eigenvalue weighted by atomic mass is 16.5. The highest BCUT2D eigenvalue weighted by molar-refractivity contribution is 5.46. The molecule has 1 heterocycles. The molecule has 94 valence electrons. The number of hydrogen-bond acceptors (Lipinski definition) is 2. The lowest BCUT2D eigenvalue weighted by atomic mass is 9.94. The zero-order chi connectivity index (χ0) is 12.7. The summed E-state index contributed by atoms with van der Waals surface area (Å²) in [6, 6.07) is 8.90. The second kappa shape index (κ2) is 4.02. The molecule has 1 fully saturated rings. The molecule has 0 aromatic heterocycles. The molecule has 0 amide bonds. The molecular formula is C15H23NO. The second-order valence-corrected chi connectivity index (χ2v) is 6.23. The minimum atomic E-state index is -0.117. The van der Waals surface area contributed by atoms with Crippen molar-refractivity contribution in [1.29, 1.82) is 0 Å².